The topological polar surface area (TPSA) is 6.48 Å². The summed E-state index contributed by atoms with van der Waals surface area (Å²) in [5.74, 6) is 0.0376. The number of nitrogens with zero attached hydrogens (tertiary/aromatic N) is 2. The van der Waals surface area contributed by atoms with Crippen molar-refractivity contribution in [3.05, 3.63) is 70.0 Å². The van der Waals surface area contributed by atoms with Crippen LogP contribution in [0.2, 0.25) is 5.02 Å². The van der Waals surface area contributed by atoms with Crippen LogP contribution in [0.5, 0.6) is 0 Å². The van der Waals surface area contributed by atoms with Gasteiger partial charge in [0.05, 0.1) is 0 Å². The second-order valence-electron chi connectivity index (χ2n) is 8.30. The zero-order valence-corrected chi connectivity index (χ0v) is 16.4. The molecule has 2 aromatic rings. The summed E-state index contributed by atoms with van der Waals surface area (Å²) in [7, 11) is 2.21. The highest BCUT2D eigenvalue weighted by molar-refractivity contribution is 6.31. The molecule has 1 aliphatic carbocycles. The lowest BCUT2D eigenvalue weighted by Gasteiger charge is -2.47. The summed E-state index contributed by atoms with van der Waals surface area (Å²) in [5.41, 5.74) is 3.87. The average Bonchev–Trinajstić information content (AvgIpc) is 2.99. The summed E-state index contributed by atoms with van der Waals surface area (Å²) in [6, 6.07) is 13.5. The number of halogens is 2. The maximum atomic E-state index is 13.4. The number of hydrogen-bond donors (Lipinski definition) is 0. The largest absolute Gasteiger partial charge is 0.299 e. The smallest absolute Gasteiger partial charge is 0.123 e. The van der Waals surface area contributed by atoms with Gasteiger partial charge in [0.2, 0.25) is 0 Å². The highest BCUT2D eigenvalue weighted by atomic mass is 35.5. The fourth-order valence-electron chi connectivity index (χ4n) is 4.57. The van der Waals surface area contributed by atoms with Crippen molar-refractivity contribution in [2.24, 2.45) is 0 Å². The Balaban J connectivity index is 1.71. The Kier molecular flexibility index (Phi) is 4.58. The summed E-state index contributed by atoms with van der Waals surface area (Å²) in [4.78, 5) is 5.05. The molecule has 2 aliphatic rings. The molecule has 0 bridgehead atoms. The molecule has 0 unspecified atom stereocenters. The average molecular weight is 373 g/mol. The van der Waals surface area contributed by atoms with Gasteiger partial charge in [0, 0.05) is 42.2 Å². The van der Waals surface area contributed by atoms with Crippen molar-refractivity contribution in [1.82, 2.24) is 9.80 Å². The van der Waals surface area contributed by atoms with Crippen molar-refractivity contribution in [3.63, 3.8) is 0 Å². The van der Waals surface area contributed by atoms with Gasteiger partial charge in [0.15, 0.2) is 0 Å². The highest BCUT2D eigenvalue weighted by Gasteiger charge is 2.41. The molecule has 2 aromatic carbocycles. The Morgan fingerprint density at radius 1 is 1.08 bits per heavy atom. The normalized spacial score (nSPS) is 26.0. The molecule has 0 spiro atoms. The summed E-state index contributed by atoms with van der Waals surface area (Å²) >= 11 is 6.63. The zero-order valence-electron chi connectivity index (χ0n) is 15.7. The Hall–Kier alpha value is -1.42. The third-order valence-electron chi connectivity index (χ3n) is 6.31. The monoisotopic (exact) mass is 372 g/mol. The number of fused-ring (bicyclic) bond motifs is 1. The predicted molar refractivity (Wildman–Crippen MR) is 105 cm³/mol. The van der Waals surface area contributed by atoms with E-state index in [-0.39, 0.29) is 17.3 Å². The Morgan fingerprint density at radius 2 is 1.81 bits per heavy atom. The molecule has 1 fully saturated rings. The van der Waals surface area contributed by atoms with Crippen LogP contribution in [0.15, 0.2) is 42.5 Å². The van der Waals surface area contributed by atoms with Gasteiger partial charge >= 0.3 is 0 Å². The Bertz CT molecular complexity index is 802. The van der Waals surface area contributed by atoms with E-state index in [0.29, 0.717) is 6.04 Å². The minimum absolute atomic E-state index is 0.158. The van der Waals surface area contributed by atoms with Crippen molar-refractivity contribution < 1.29 is 4.39 Å². The molecule has 0 amide bonds. The second-order valence-corrected chi connectivity index (χ2v) is 8.71. The molecule has 138 valence electrons. The van der Waals surface area contributed by atoms with Crippen molar-refractivity contribution in [3.8, 4) is 0 Å². The van der Waals surface area contributed by atoms with Gasteiger partial charge in [-0.2, -0.15) is 0 Å². The van der Waals surface area contributed by atoms with Crippen LogP contribution < -0.4 is 0 Å². The van der Waals surface area contributed by atoms with Crippen LogP contribution in [0.4, 0.5) is 4.39 Å². The molecule has 2 nitrogen and oxygen atoms in total. The van der Waals surface area contributed by atoms with Gasteiger partial charge in [-0.1, -0.05) is 35.9 Å². The van der Waals surface area contributed by atoms with Crippen LogP contribution in [0.25, 0.3) is 0 Å². The fourth-order valence-corrected chi connectivity index (χ4v) is 4.88. The molecular formula is C22H26ClFN2. The fraction of sp³-hybridized carbons (Fsp3) is 0.455. The van der Waals surface area contributed by atoms with Crippen molar-refractivity contribution in [1.29, 1.82) is 0 Å². The third-order valence-corrected chi connectivity index (χ3v) is 6.64. The molecule has 4 rings (SSSR count). The maximum absolute atomic E-state index is 13.4. The second kappa shape index (κ2) is 6.63. The highest BCUT2D eigenvalue weighted by Crippen LogP contribution is 2.50. The van der Waals surface area contributed by atoms with Gasteiger partial charge in [0.1, 0.15) is 5.82 Å². The van der Waals surface area contributed by atoms with E-state index in [1.807, 2.05) is 18.2 Å². The maximum Gasteiger partial charge on any atom is 0.123 e. The molecule has 26 heavy (non-hydrogen) atoms. The van der Waals surface area contributed by atoms with Crippen LogP contribution in [0.1, 0.15) is 48.9 Å². The summed E-state index contributed by atoms with van der Waals surface area (Å²) in [5, 5.41) is 0.827. The quantitative estimate of drug-likeness (QED) is 0.725. The van der Waals surface area contributed by atoms with Gasteiger partial charge in [-0.25, -0.2) is 4.39 Å². The lowest BCUT2D eigenvalue weighted by Crippen LogP contribution is -2.58. The van der Waals surface area contributed by atoms with Crippen LogP contribution in [-0.4, -0.2) is 42.0 Å². The minimum Gasteiger partial charge on any atom is -0.299 e. The van der Waals surface area contributed by atoms with E-state index in [4.69, 9.17) is 11.6 Å². The first-order chi connectivity index (χ1) is 12.4. The van der Waals surface area contributed by atoms with E-state index >= 15 is 0 Å². The molecule has 1 heterocycles. The van der Waals surface area contributed by atoms with Crippen molar-refractivity contribution in [2.75, 3.05) is 26.7 Å². The molecule has 0 aromatic heterocycles. The van der Waals surface area contributed by atoms with Crippen LogP contribution in [0.3, 0.4) is 0 Å². The third kappa shape index (κ3) is 3.06. The summed E-state index contributed by atoms with van der Waals surface area (Å²) < 4.78 is 13.4. The molecule has 2 atom stereocenters. The van der Waals surface area contributed by atoms with Gasteiger partial charge < -0.3 is 0 Å². The SMILES string of the molecule is CN1CCN([C@H]2C[C@H](c3ccc(F)cc3)c3c(Cl)cccc32)CC1(C)C. The number of rotatable bonds is 2. The van der Waals surface area contributed by atoms with Crippen LogP contribution >= 0.6 is 11.6 Å². The molecule has 0 saturated carbocycles. The summed E-state index contributed by atoms with van der Waals surface area (Å²) in [6.45, 7) is 7.79. The van der Waals surface area contributed by atoms with E-state index in [0.717, 1.165) is 36.6 Å². The van der Waals surface area contributed by atoms with Gasteiger partial charge in [0.25, 0.3) is 0 Å². The van der Waals surface area contributed by atoms with E-state index in [9.17, 15) is 4.39 Å². The van der Waals surface area contributed by atoms with Gasteiger partial charge in [-0.15, -0.1) is 0 Å². The van der Waals surface area contributed by atoms with Gasteiger partial charge in [-0.05, 0) is 62.2 Å². The minimum atomic E-state index is -0.191. The van der Waals surface area contributed by atoms with E-state index in [2.05, 4.69) is 42.8 Å². The lowest BCUT2D eigenvalue weighted by molar-refractivity contribution is 0.0158. The molecule has 4 heteroatoms. The number of piperazine rings is 1. The van der Waals surface area contributed by atoms with Gasteiger partial charge in [-0.3, -0.25) is 9.80 Å². The Morgan fingerprint density at radius 3 is 2.50 bits per heavy atom. The van der Waals surface area contributed by atoms with E-state index in [1.54, 1.807) is 12.1 Å². The standard InChI is InChI=1S/C22H26ClFN2/c1-22(2)14-26(12-11-25(22)3)20-13-18(15-7-9-16(24)10-8-15)21-17(20)5-4-6-19(21)23/h4-10,18,20H,11-14H2,1-3H3/t18-,20+/m1/s1. The molecule has 1 aliphatic heterocycles. The van der Waals surface area contributed by atoms with Crippen LogP contribution in [-0.2, 0) is 0 Å². The Labute approximate surface area is 160 Å². The predicted octanol–water partition coefficient (Wildman–Crippen LogP) is 5.08. The zero-order chi connectivity index (χ0) is 18.5. The van der Waals surface area contributed by atoms with Crippen LogP contribution in [0, 0.1) is 5.82 Å². The number of hydrogen-bond acceptors (Lipinski definition) is 2. The molecule has 0 N–H and O–H groups in total. The molecule has 0 radical (unpaired) electrons. The first-order valence-corrected chi connectivity index (χ1v) is 9.74. The first-order valence-electron chi connectivity index (χ1n) is 9.36. The summed E-state index contributed by atoms with van der Waals surface area (Å²) in [6.07, 6.45) is 1.00. The lowest BCUT2D eigenvalue weighted by atomic mass is 9.92. The van der Waals surface area contributed by atoms with E-state index in [1.165, 1.54) is 11.1 Å². The number of likely N-dealkylation sites (N-methyl/N-ethyl adjacent to an activating group) is 1. The first kappa shape index (κ1) is 18.0. The van der Waals surface area contributed by atoms with Crippen molar-refractivity contribution >= 4 is 11.6 Å². The van der Waals surface area contributed by atoms with Crippen molar-refractivity contribution in [2.45, 2.75) is 37.8 Å². The molecule has 1 saturated heterocycles. The molecular weight excluding hydrogens is 347 g/mol. The number of benzene rings is 2. The van der Waals surface area contributed by atoms with E-state index < -0.39 is 0 Å².